The third-order valence-corrected chi connectivity index (χ3v) is 5.20. The number of ether oxygens (including phenoxy) is 2. The van der Waals surface area contributed by atoms with Crippen molar-refractivity contribution < 1.29 is 19.1 Å². The molecule has 30 heavy (non-hydrogen) atoms. The van der Waals surface area contributed by atoms with E-state index < -0.39 is 0 Å². The molecule has 2 amide bonds. The van der Waals surface area contributed by atoms with Crippen LogP contribution in [0.1, 0.15) is 11.1 Å². The van der Waals surface area contributed by atoms with E-state index in [0.29, 0.717) is 49.8 Å². The molecule has 7 heteroatoms. The average Bonchev–Trinajstić information content (AvgIpc) is 2.75. The molecule has 1 saturated heterocycles. The Morgan fingerprint density at radius 2 is 1.53 bits per heavy atom. The smallest absolute Gasteiger partial charge is 0.238 e. The van der Waals surface area contributed by atoms with E-state index in [1.165, 1.54) is 5.56 Å². The molecule has 0 bridgehead atoms. The van der Waals surface area contributed by atoms with E-state index in [9.17, 15) is 9.59 Å². The Hall–Kier alpha value is -3.06. The molecule has 7 nitrogen and oxygen atoms in total. The number of amides is 2. The van der Waals surface area contributed by atoms with Crippen LogP contribution < -0.4 is 14.8 Å². The number of rotatable bonds is 7. The highest BCUT2D eigenvalue weighted by Gasteiger charge is 2.22. The van der Waals surface area contributed by atoms with E-state index in [0.717, 1.165) is 5.56 Å². The van der Waals surface area contributed by atoms with E-state index in [-0.39, 0.29) is 18.4 Å². The third kappa shape index (κ3) is 5.97. The summed E-state index contributed by atoms with van der Waals surface area (Å²) in [7, 11) is 3.14. The van der Waals surface area contributed by atoms with Gasteiger partial charge in [0.05, 0.1) is 27.2 Å². The van der Waals surface area contributed by atoms with Gasteiger partial charge < -0.3 is 19.7 Å². The minimum Gasteiger partial charge on any atom is -0.497 e. The molecule has 160 valence electrons. The van der Waals surface area contributed by atoms with Crippen LogP contribution >= 0.6 is 0 Å². The lowest BCUT2D eigenvalue weighted by atomic mass is 10.1. The summed E-state index contributed by atoms with van der Waals surface area (Å²) in [6.07, 6.45) is 0.415. The zero-order valence-corrected chi connectivity index (χ0v) is 17.8. The Labute approximate surface area is 177 Å². The van der Waals surface area contributed by atoms with Crippen molar-refractivity contribution in [1.82, 2.24) is 9.80 Å². The normalized spacial score (nSPS) is 14.3. The third-order valence-electron chi connectivity index (χ3n) is 5.20. The summed E-state index contributed by atoms with van der Waals surface area (Å²) >= 11 is 0. The van der Waals surface area contributed by atoms with E-state index in [4.69, 9.17) is 9.47 Å². The van der Waals surface area contributed by atoms with E-state index in [1.807, 2.05) is 36.1 Å². The molecule has 0 radical (unpaired) electrons. The highest BCUT2D eigenvalue weighted by Crippen LogP contribution is 2.25. The van der Waals surface area contributed by atoms with Gasteiger partial charge in [-0.15, -0.1) is 0 Å². The molecule has 1 fully saturated rings. The van der Waals surface area contributed by atoms with Crippen LogP contribution in [0.3, 0.4) is 0 Å². The predicted molar refractivity (Wildman–Crippen MR) is 116 cm³/mol. The van der Waals surface area contributed by atoms with Gasteiger partial charge >= 0.3 is 0 Å². The maximum atomic E-state index is 12.5. The summed E-state index contributed by atoms with van der Waals surface area (Å²) < 4.78 is 10.5. The Morgan fingerprint density at radius 1 is 0.933 bits per heavy atom. The highest BCUT2D eigenvalue weighted by atomic mass is 16.5. The second kappa shape index (κ2) is 10.1. The largest absolute Gasteiger partial charge is 0.497 e. The molecule has 0 unspecified atom stereocenters. The van der Waals surface area contributed by atoms with Crippen molar-refractivity contribution >= 4 is 17.5 Å². The average molecular weight is 412 g/mol. The second-order valence-corrected chi connectivity index (χ2v) is 7.47. The molecule has 1 aliphatic rings. The Kier molecular flexibility index (Phi) is 7.30. The van der Waals surface area contributed by atoms with Crippen molar-refractivity contribution in [2.45, 2.75) is 13.3 Å². The first-order valence-electron chi connectivity index (χ1n) is 10.1. The summed E-state index contributed by atoms with van der Waals surface area (Å²) in [5, 5.41) is 2.89. The van der Waals surface area contributed by atoms with Crippen LogP contribution in [0.2, 0.25) is 0 Å². The molecule has 0 aromatic heterocycles. The zero-order chi connectivity index (χ0) is 21.5. The van der Waals surface area contributed by atoms with Gasteiger partial charge in [0.25, 0.3) is 0 Å². The molecule has 3 rings (SSSR count). The second-order valence-electron chi connectivity index (χ2n) is 7.47. The molecule has 1 N–H and O–H groups in total. The lowest BCUT2D eigenvalue weighted by Crippen LogP contribution is -2.50. The summed E-state index contributed by atoms with van der Waals surface area (Å²) in [4.78, 5) is 28.9. The summed E-state index contributed by atoms with van der Waals surface area (Å²) in [5.74, 6) is 1.26. The van der Waals surface area contributed by atoms with Crippen LogP contribution in [0.4, 0.5) is 5.69 Å². The monoisotopic (exact) mass is 411 g/mol. The van der Waals surface area contributed by atoms with Crippen LogP contribution in [0.5, 0.6) is 11.5 Å². The van der Waals surface area contributed by atoms with E-state index in [1.54, 1.807) is 32.4 Å². The summed E-state index contributed by atoms with van der Waals surface area (Å²) in [6, 6.07) is 13.3. The number of carbonyl (C=O) groups excluding carboxylic acids is 2. The molecular weight excluding hydrogens is 382 g/mol. The van der Waals surface area contributed by atoms with Crippen molar-refractivity contribution in [3.05, 3.63) is 53.6 Å². The molecule has 1 aliphatic heterocycles. The Morgan fingerprint density at radius 3 is 2.10 bits per heavy atom. The van der Waals surface area contributed by atoms with Gasteiger partial charge in [0.15, 0.2) is 0 Å². The van der Waals surface area contributed by atoms with Gasteiger partial charge in [-0.3, -0.25) is 14.5 Å². The van der Waals surface area contributed by atoms with Crippen LogP contribution in [-0.4, -0.2) is 68.6 Å². The molecule has 0 aliphatic carbocycles. The minimum absolute atomic E-state index is 0.107. The Bertz CT molecular complexity index is 852. The maximum Gasteiger partial charge on any atom is 0.238 e. The molecule has 1 heterocycles. The van der Waals surface area contributed by atoms with Crippen LogP contribution in [-0.2, 0) is 16.0 Å². The summed E-state index contributed by atoms with van der Waals surface area (Å²) in [6.45, 7) is 4.92. The number of carbonyl (C=O) groups is 2. The summed E-state index contributed by atoms with van der Waals surface area (Å²) in [5.41, 5.74) is 2.84. The van der Waals surface area contributed by atoms with Crippen LogP contribution in [0, 0.1) is 6.92 Å². The van der Waals surface area contributed by atoms with Gasteiger partial charge in [0, 0.05) is 50.1 Å². The molecule has 2 aromatic rings. The maximum absolute atomic E-state index is 12.5. The number of hydrogen-bond donors (Lipinski definition) is 1. The van der Waals surface area contributed by atoms with Crippen LogP contribution in [0.15, 0.2) is 42.5 Å². The molecular formula is C23H29N3O4. The fourth-order valence-corrected chi connectivity index (χ4v) is 3.43. The molecule has 0 saturated carbocycles. The number of nitrogens with one attached hydrogen (secondary N) is 1. The minimum atomic E-state index is -0.107. The topological polar surface area (TPSA) is 71.1 Å². The lowest BCUT2D eigenvalue weighted by Gasteiger charge is -2.34. The SMILES string of the molecule is COc1cc(NC(=O)CN2CCN(C(=O)Cc3ccc(C)cc3)CC2)cc(OC)c1. The molecule has 2 aromatic carbocycles. The highest BCUT2D eigenvalue weighted by molar-refractivity contribution is 5.92. The lowest BCUT2D eigenvalue weighted by molar-refractivity contribution is -0.132. The zero-order valence-electron chi connectivity index (χ0n) is 17.8. The quantitative estimate of drug-likeness (QED) is 0.757. The van der Waals surface area contributed by atoms with Gasteiger partial charge in [0.2, 0.25) is 11.8 Å². The van der Waals surface area contributed by atoms with Gasteiger partial charge in [0.1, 0.15) is 11.5 Å². The van der Waals surface area contributed by atoms with E-state index in [2.05, 4.69) is 10.2 Å². The van der Waals surface area contributed by atoms with Crippen molar-refractivity contribution in [2.75, 3.05) is 52.3 Å². The number of aryl methyl sites for hydroxylation is 1. The first kappa shape index (κ1) is 21.6. The Balaban J connectivity index is 1.46. The van der Waals surface area contributed by atoms with Crippen molar-refractivity contribution in [3.8, 4) is 11.5 Å². The standard InChI is InChI=1S/C23H29N3O4/c1-17-4-6-18(7-5-17)12-23(28)26-10-8-25(9-11-26)16-22(27)24-19-13-20(29-2)15-21(14-19)30-3/h4-7,13-15H,8-12,16H2,1-3H3,(H,24,27). The van der Waals surface area contributed by atoms with Gasteiger partial charge in [-0.25, -0.2) is 0 Å². The van der Waals surface area contributed by atoms with Gasteiger partial charge in [-0.1, -0.05) is 29.8 Å². The fraction of sp³-hybridized carbons (Fsp3) is 0.391. The first-order chi connectivity index (χ1) is 14.5. The van der Waals surface area contributed by atoms with Gasteiger partial charge in [-0.05, 0) is 12.5 Å². The first-order valence-corrected chi connectivity index (χ1v) is 10.1. The fourth-order valence-electron chi connectivity index (χ4n) is 3.43. The number of benzene rings is 2. The number of methoxy groups -OCH3 is 2. The van der Waals surface area contributed by atoms with Crippen molar-refractivity contribution in [3.63, 3.8) is 0 Å². The van der Waals surface area contributed by atoms with E-state index >= 15 is 0 Å². The number of piperazine rings is 1. The number of anilines is 1. The van der Waals surface area contributed by atoms with Crippen LogP contribution in [0.25, 0.3) is 0 Å². The predicted octanol–water partition coefficient (Wildman–Crippen LogP) is 2.34. The molecule has 0 atom stereocenters. The van der Waals surface area contributed by atoms with Crippen molar-refractivity contribution in [2.24, 2.45) is 0 Å². The number of hydrogen-bond acceptors (Lipinski definition) is 5. The van der Waals surface area contributed by atoms with Crippen molar-refractivity contribution in [1.29, 1.82) is 0 Å². The van der Waals surface area contributed by atoms with Gasteiger partial charge in [-0.2, -0.15) is 0 Å². The number of nitrogens with zero attached hydrogens (tertiary/aromatic N) is 2. The molecule has 0 spiro atoms.